The van der Waals surface area contributed by atoms with E-state index in [1.165, 1.54) is 6.20 Å². The molecule has 1 aliphatic heterocycles. The molecule has 27 heavy (non-hydrogen) atoms. The van der Waals surface area contributed by atoms with Gasteiger partial charge in [0, 0.05) is 22.9 Å². The van der Waals surface area contributed by atoms with Crippen molar-refractivity contribution in [3.63, 3.8) is 0 Å². The number of nitrogen functional groups attached to an aromatic ring is 1. The van der Waals surface area contributed by atoms with Crippen LogP contribution in [0, 0.1) is 0 Å². The Balaban J connectivity index is 1.98. The summed E-state index contributed by atoms with van der Waals surface area (Å²) in [6.07, 6.45) is 2.92. The second-order valence-corrected chi connectivity index (χ2v) is 6.26. The minimum atomic E-state index is 0.380. The molecule has 0 bridgehead atoms. The number of rotatable bonds is 2. The van der Waals surface area contributed by atoms with E-state index >= 15 is 0 Å². The topological polar surface area (TPSA) is 93.7 Å². The number of allylic oxidation sites excluding steroid dienone is 1. The zero-order valence-corrected chi connectivity index (χ0v) is 14.9. The fourth-order valence-electron chi connectivity index (χ4n) is 3.34. The number of ether oxygens (including phenoxy) is 1. The van der Waals surface area contributed by atoms with Crippen molar-refractivity contribution in [3.05, 3.63) is 65.5 Å². The van der Waals surface area contributed by atoms with E-state index in [2.05, 4.69) is 10.2 Å². The van der Waals surface area contributed by atoms with Crippen LogP contribution in [0.15, 0.2) is 54.4 Å². The van der Waals surface area contributed by atoms with Crippen LogP contribution in [0.25, 0.3) is 16.5 Å². The third-order valence-corrected chi connectivity index (χ3v) is 4.63. The lowest BCUT2D eigenvalue weighted by Gasteiger charge is -2.20. The monoisotopic (exact) mass is 364 g/mol. The summed E-state index contributed by atoms with van der Waals surface area (Å²) in [6.45, 7) is 0.380. The quantitative estimate of drug-likeness (QED) is 0.718. The molecule has 0 fully saturated rings. The van der Waals surface area contributed by atoms with Crippen LogP contribution >= 0.6 is 0 Å². The van der Waals surface area contributed by atoms with Crippen molar-refractivity contribution in [2.75, 3.05) is 24.7 Å². The summed E-state index contributed by atoms with van der Waals surface area (Å²) < 4.78 is 5.74. The molecule has 138 valence electrons. The average molecular weight is 364 g/mol. The van der Waals surface area contributed by atoms with E-state index in [0.29, 0.717) is 36.3 Å². The van der Waals surface area contributed by atoms with Crippen LogP contribution in [-0.2, 0) is 9.57 Å². The fourth-order valence-corrected chi connectivity index (χ4v) is 3.34. The fraction of sp³-hybridized carbons (Fsp3) is 0.200. The number of nitrogens with two attached hydrogens (primary N) is 1. The smallest absolute Gasteiger partial charge is 0.104 e. The minimum absolute atomic E-state index is 0.380. The Morgan fingerprint density at radius 1 is 1.22 bits per heavy atom. The normalized spacial score (nSPS) is 15.1. The van der Waals surface area contributed by atoms with Gasteiger partial charge in [0.25, 0.3) is 0 Å². The molecule has 7 heteroatoms. The van der Waals surface area contributed by atoms with Crippen LogP contribution in [0.1, 0.15) is 24.0 Å². The van der Waals surface area contributed by atoms with E-state index in [1.54, 1.807) is 13.2 Å². The maximum atomic E-state index is 10.3. The van der Waals surface area contributed by atoms with Crippen LogP contribution < -0.4 is 11.0 Å². The number of aromatic nitrogens is 2. The highest BCUT2D eigenvalue weighted by atomic mass is 16.9. The van der Waals surface area contributed by atoms with E-state index in [4.69, 9.17) is 15.3 Å². The molecule has 0 atom stereocenters. The summed E-state index contributed by atoms with van der Waals surface area (Å²) in [6, 6.07) is 13.3. The van der Waals surface area contributed by atoms with Crippen molar-refractivity contribution < 1.29 is 14.8 Å². The van der Waals surface area contributed by atoms with Gasteiger partial charge in [0.15, 0.2) is 0 Å². The van der Waals surface area contributed by atoms with Gasteiger partial charge in [-0.15, -0.1) is 5.23 Å². The first-order valence-electron chi connectivity index (χ1n) is 8.69. The van der Waals surface area contributed by atoms with Gasteiger partial charge in [-0.2, -0.15) is 10.2 Å². The number of nitrogens with zero attached hydrogens (tertiary/aromatic N) is 3. The molecule has 2 heterocycles. The summed E-state index contributed by atoms with van der Waals surface area (Å²) >= 11 is 0. The second-order valence-electron chi connectivity index (χ2n) is 6.26. The first-order valence-corrected chi connectivity index (χ1v) is 8.69. The first-order chi connectivity index (χ1) is 13.2. The van der Waals surface area contributed by atoms with Gasteiger partial charge in [0.1, 0.15) is 11.4 Å². The van der Waals surface area contributed by atoms with E-state index in [0.717, 1.165) is 33.1 Å². The molecular weight excluding hydrogens is 344 g/mol. The van der Waals surface area contributed by atoms with Crippen LogP contribution in [0.2, 0.25) is 0 Å². The van der Waals surface area contributed by atoms with Crippen LogP contribution in [0.5, 0.6) is 0 Å². The van der Waals surface area contributed by atoms with Crippen LogP contribution in [0.4, 0.5) is 11.4 Å². The number of benzene rings is 2. The number of anilines is 2. The van der Waals surface area contributed by atoms with Crippen molar-refractivity contribution >= 4 is 27.9 Å². The van der Waals surface area contributed by atoms with Crippen LogP contribution in [0.3, 0.4) is 0 Å². The Hall–Kier alpha value is -3.16. The average Bonchev–Trinajstić information content (AvgIpc) is 2.76. The summed E-state index contributed by atoms with van der Waals surface area (Å²) in [5.74, 6) is 0.817. The highest BCUT2D eigenvalue weighted by Gasteiger charge is 2.21. The van der Waals surface area contributed by atoms with Crippen molar-refractivity contribution in [2.45, 2.75) is 12.8 Å². The van der Waals surface area contributed by atoms with Gasteiger partial charge in [-0.05, 0) is 30.2 Å². The summed E-state index contributed by atoms with van der Waals surface area (Å²) in [5.41, 5.74) is 10.4. The molecule has 1 aromatic heterocycles. The maximum absolute atomic E-state index is 10.3. The maximum Gasteiger partial charge on any atom is 0.104 e. The summed E-state index contributed by atoms with van der Waals surface area (Å²) in [5, 5.41) is 20.2. The van der Waals surface area contributed by atoms with Crippen molar-refractivity contribution in [1.82, 2.24) is 10.2 Å². The minimum Gasteiger partial charge on any atom is -0.500 e. The third-order valence-electron chi connectivity index (χ3n) is 4.63. The third kappa shape index (κ3) is 3.18. The van der Waals surface area contributed by atoms with Crippen LogP contribution in [-0.4, -0.2) is 29.1 Å². The van der Waals surface area contributed by atoms with E-state index in [1.807, 2.05) is 36.4 Å². The Bertz CT molecular complexity index is 1020. The van der Waals surface area contributed by atoms with Gasteiger partial charge in [0.05, 0.1) is 31.1 Å². The predicted octanol–water partition coefficient (Wildman–Crippen LogP) is 3.54. The molecule has 0 saturated heterocycles. The van der Waals surface area contributed by atoms with Gasteiger partial charge in [-0.1, -0.05) is 24.3 Å². The number of hydrogen-bond donors (Lipinski definition) is 2. The van der Waals surface area contributed by atoms with Gasteiger partial charge in [0.2, 0.25) is 0 Å². The zero-order valence-electron chi connectivity index (χ0n) is 14.9. The molecule has 2 aromatic carbocycles. The van der Waals surface area contributed by atoms with E-state index < -0.39 is 0 Å². The van der Waals surface area contributed by atoms with Gasteiger partial charge in [-0.25, -0.2) is 4.84 Å². The molecule has 0 saturated carbocycles. The van der Waals surface area contributed by atoms with Gasteiger partial charge >= 0.3 is 0 Å². The first kappa shape index (κ1) is 17.3. The molecule has 4 rings (SSSR count). The Kier molecular flexibility index (Phi) is 4.62. The summed E-state index contributed by atoms with van der Waals surface area (Å²) in [4.78, 5) is 5.42. The number of hydrogen-bond acceptors (Lipinski definition) is 7. The molecule has 3 N–H and O–H groups in total. The molecule has 0 spiro atoms. The number of methoxy groups -OCH3 is 1. The van der Waals surface area contributed by atoms with Crippen molar-refractivity contribution in [2.24, 2.45) is 0 Å². The molecule has 0 aliphatic carbocycles. The van der Waals surface area contributed by atoms with Gasteiger partial charge < -0.3 is 10.5 Å². The molecule has 1 aliphatic rings. The molecule has 0 unspecified atom stereocenters. The van der Waals surface area contributed by atoms with E-state index in [9.17, 15) is 5.21 Å². The Labute approximate surface area is 156 Å². The highest BCUT2D eigenvalue weighted by Crippen LogP contribution is 2.37. The second kappa shape index (κ2) is 7.22. The lowest BCUT2D eigenvalue weighted by atomic mass is 9.93. The standard InChI is InChI=1S/C20H20N4O3/c1-26-19-7-4-10-27-24(25)18-6-3-2-5-15(18)20(19)13-8-9-14-16(21)12-22-23-17(14)11-13/h2-3,5-6,8-9,11-12,25H,4,7,10H2,1H3,(H2,21,23). The largest absolute Gasteiger partial charge is 0.500 e. The molecular formula is C20H20N4O3. The summed E-state index contributed by atoms with van der Waals surface area (Å²) in [7, 11) is 1.66. The molecule has 3 aromatic rings. The Morgan fingerprint density at radius 3 is 2.93 bits per heavy atom. The molecule has 7 nitrogen and oxygen atoms in total. The van der Waals surface area contributed by atoms with Gasteiger partial charge in [-0.3, -0.25) is 5.21 Å². The zero-order chi connectivity index (χ0) is 18.8. The Morgan fingerprint density at radius 2 is 2.07 bits per heavy atom. The number of para-hydroxylation sites is 1. The molecule has 0 radical (unpaired) electrons. The predicted molar refractivity (Wildman–Crippen MR) is 103 cm³/mol. The highest BCUT2D eigenvalue weighted by molar-refractivity contribution is 5.94. The number of fused-ring (bicyclic) bond motifs is 2. The lowest BCUT2D eigenvalue weighted by molar-refractivity contribution is -0.0420. The molecule has 0 amide bonds. The SMILES string of the molecule is COC1=C(c2ccc3c(N)cnnc3c2)c2ccccc2N(O)OCCC1. The van der Waals surface area contributed by atoms with Crippen molar-refractivity contribution in [3.8, 4) is 0 Å². The van der Waals surface area contributed by atoms with E-state index in [-0.39, 0.29) is 0 Å². The van der Waals surface area contributed by atoms with Crippen molar-refractivity contribution in [1.29, 1.82) is 0 Å². The lowest BCUT2D eigenvalue weighted by Crippen LogP contribution is -2.20.